The summed E-state index contributed by atoms with van der Waals surface area (Å²) in [7, 11) is -3.56. The van der Waals surface area contributed by atoms with Crippen molar-refractivity contribution in [1.29, 1.82) is 0 Å². The molecule has 3 heterocycles. The van der Waals surface area contributed by atoms with Crippen LogP contribution < -0.4 is 4.74 Å². The summed E-state index contributed by atoms with van der Waals surface area (Å²) in [4.78, 5) is 8.68. The Balaban J connectivity index is 1.33. The quantitative estimate of drug-likeness (QED) is 0.744. The Morgan fingerprint density at radius 1 is 1.19 bits per heavy atom. The zero-order chi connectivity index (χ0) is 19.0. The Labute approximate surface area is 159 Å². The van der Waals surface area contributed by atoms with Gasteiger partial charge in [-0.15, -0.1) is 0 Å². The predicted octanol–water partition coefficient (Wildman–Crippen LogP) is 2.44. The van der Waals surface area contributed by atoms with E-state index in [1.807, 2.05) is 6.07 Å². The van der Waals surface area contributed by atoms with Crippen molar-refractivity contribution in [3.8, 4) is 5.88 Å². The Kier molecular flexibility index (Phi) is 4.90. The summed E-state index contributed by atoms with van der Waals surface area (Å²) in [5, 5.41) is 3.77. The van der Waals surface area contributed by atoms with E-state index in [9.17, 15) is 8.42 Å². The zero-order valence-electron chi connectivity index (χ0n) is 15.6. The molecule has 0 atom stereocenters. The minimum atomic E-state index is -3.56. The molecule has 0 radical (unpaired) electrons. The standard InChI is InChI=1S/C18H24N4O4S/c1-12-18(13(2)26-21-12)27(23,24)22-7-5-14(6-8-22)10-25-17-9-16(15-3-4-15)19-11-20-17/h9,11,14-15H,3-8,10H2,1-2H3. The van der Waals surface area contributed by atoms with Gasteiger partial charge < -0.3 is 9.26 Å². The molecule has 2 aromatic heterocycles. The van der Waals surface area contributed by atoms with Crippen LogP contribution in [-0.2, 0) is 10.0 Å². The smallest absolute Gasteiger partial charge is 0.248 e. The van der Waals surface area contributed by atoms with E-state index in [4.69, 9.17) is 9.26 Å². The molecule has 2 aliphatic rings. The number of aryl methyl sites for hydroxylation is 2. The summed E-state index contributed by atoms with van der Waals surface area (Å²) in [6.45, 7) is 4.77. The Morgan fingerprint density at radius 2 is 1.93 bits per heavy atom. The molecule has 0 N–H and O–H groups in total. The van der Waals surface area contributed by atoms with Crippen molar-refractivity contribution in [2.45, 2.75) is 50.3 Å². The van der Waals surface area contributed by atoms with Crippen molar-refractivity contribution in [2.75, 3.05) is 19.7 Å². The third-order valence-corrected chi connectivity index (χ3v) is 7.41. The summed E-state index contributed by atoms with van der Waals surface area (Å²) in [6, 6.07) is 1.93. The van der Waals surface area contributed by atoms with Crippen molar-refractivity contribution in [3.63, 3.8) is 0 Å². The van der Waals surface area contributed by atoms with Crippen LogP contribution in [0, 0.1) is 19.8 Å². The van der Waals surface area contributed by atoms with Crippen LogP contribution >= 0.6 is 0 Å². The Morgan fingerprint density at radius 3 is 2.56 bits per heavy atom. The van der Waals surface area contributed by atoms with Crippen LogP contribution in [0.15, 0.2) is 21.8 Å². The van der Waals surface area contributed by atoms with Crippen LogP contribution in [-0.4, -0.2) is 47.5 Å². The molecule has 146 valence electrons. The molecule has 2 aromatic rings. The highest BCUT2D eigenvalue weighted by atomic mass is 32.2. The minimum absolute atomic E-state index is 0.200. The number of sulfonamides is 1. The number of nitrogens with zero attached hydrogens (tertiary/aromatic N) is 4. The molecule has 0 unspecified atom stereocenters. The van der Waals surface area contributed by atoms with Gasteiger partial charge in [0.05, 0.1) is 12.3 Å². The molecule has 0 aromatic carbocycles. The lowest BCUT2D eigenvalue weighted by atomic mass is 9.99. The maximum Gasteiger partial charge on any atom is 0.248 e. The van der Waals surface area contributed by atoms with Gasteiger partial charge >= 0.3 is 0 Å². The van der Waals surface area contributed by atoms with Crippen molar-refractivity contribution >= 4 is 10.0 Å². The molecule has 8 nitrogen and oxygen atoms in total. The second-order valence-electron chi connectivity index (χ2n) is 7.37. The molecule has 4 rings (SSSR count). The van der Waals surface area contributed by atoms with E-state index in [1.165, 1.54) is 17.1 Å². The van der Waals surface area contributed by atoms with Crippen LogP contribution in [0.1, 0.15) is 48.7 Å². The van der Waals surface area contributed by atoms with Gasteiger partial charge in [-0.25, -0.2) is 18.4 Å². The molecule has 1 aliphatic heterocycles. The van der Waals surface area contributed by atoms with E-state index in [2.05, 4.69) is 15.1 Å². The zero-order valence-corrected chi connectivity index (χ0v) is 16.4. The Hall–Kier alpha value is -2.00. The highest BCUT2D eigenvalue weighted by Gasteiger charge is 2.34. The third-order valence-electron chi connectivity index (χ3n) is 5.26. The first-order valence-electron chi connectivity index (χ1n) is 9.33. The van der Waals surface area contributed by atoms with Crippen molar-refractivity contribution in [2.24, 2.45) is 5.92 Å². The fourth-order valence-corrected chi connectivity index (χ4v) is 5.29. The second-order valence-corrected chi connectivity index (χ2v) is 9.24. The highest BCUT2D eigenvalue weighted by Crippen LogP contribution is 2.39. The van der Waals surface area contributed by atoms with Gasteiger partial charge in [-0.3, -0.25) is 0 Å². The van der Waals surface area contributed by atoms with Crippen LogP contribution in [0.2, 0.25) is 0 Å². The van der Waals surface area contributed by atoms with Crippen molar-refractivity contribution < 1.29 is 17.7 Å². The first kappa shape index (κ1) is 18.4. The molecule has 1 saturated carbocycles. The van der Waals surface area contributed by atoms with E-state index in [-0.39, 0.29) is 4.90 Å². The van der Waals surface area contributed by atoms with Crippen LogP contribution in [0.4, 0.5) is 0 Å². The average Bonchev–Trinajstić information content (AvgIpc) is 3.45. The summed E-state index contributed by atoms with van der Waals surface area (Å²) in [6.07, 6.45) is 5.44. The van der Waals surface area contributed by atoms with Crippen molar-refractivity contribution in [3.05, 3.63) is 29.5 Å². The maximum absolute atomic E-state index is 12.9. The third kappa shape index (κ3) is 3.84. The number of hydrogen-bond donors (Lipinski definition) is 0. The Bertz CT molecular complexity index is 896. The van der Waals surface area contributed by atoms with Gasteiger partial charge in [-0.05, 0) is 45.4 Å². The van der Waals surface area contributed by atoms with Crippen LogP contribution in [0.25, 0.3) is 0 Å². The highest BCUT2D eigenvalue weighted by molar-refractivity contribution is 7.89. The lowest BCUT2D eigenvalue weighted by Crippen LogP contribution is -2.40. The molecule has 0 amide bonds. The molecule has 27 heavy (non-hydrogen) atoms. The van der Waals surface area contributed by atoms with Gasteiger partial charge in [0.1, 0.15) is 16.9 Å². The van der Waals surface area contributed by atoms with E-state index in [0.29, 0.717) is 48.9 Å². The molecule has 2 fully saturated rings. The number of aromatic nitrogens is 3. The van der Waals surface area contributed by atoms with Crippen molar-refractivity contribution in [1.82, 2.24) is 19.4 Å². The van der Waals surface area contributed by atoms with Gasteiger partial charge in [0.25, 0.3) is 0 Å². The first-order chi connectivity index (χ1) is 12.9. The number of ether oxygens (including phenoxy) is 1. The summed E-state index contributed by atoms with van der Waals surface area (Å²) in [5.41, 5.74) is 1.47. The van der Waals surface area contributed by atoms with Gasteiger partial charge in [0.2, 0.25) is 15.9 Å². The normalized spacial score (nSPS) is 19.3. The maximum atomic E-state index is 12.9. The lowest BCUT2D eigenvalue weighted by molar-refractivity contribution is 0.180. The second kappa shape index (κ2) is 7.20. The average molecular weight is 392 g/mol. The summed E-state index contributed by atoms with van der Waals surface area (Å²) >= 11 is 0. The van der Waals surface area contributed by atoms with E-state index < -0.39 is 10.0 Å². The fraction of sp³-hybridized carbons (Fsp3) is 0.611. The lowest BCUT2D eigenvalue weighted by Gasteiger charge is -2.30. The van der Waals surface area contributed by atoms with E-state index in [0.717, 1.165) is 18.5 Å². The van der Waals surface area contributed by atoms with Gasteiger partial charge in [-0.1, -0.05) is 5.16 Å². The first-order valence-corrected chi connectivity index (χ1v) is 10.8. The van der Waals surface area contributed by atoms with Gasteiger partial charge in [0, 0.05) is 25.1 Å². The van der Waals surface area contributed by atoms with Crippen LogP contribution in [0.3, 0.4) is 0 Å². The number of rotatable bonds is 6. The molecule has 0 spiro atoms. The topological polar surface area (TPSA) is 98.4 Å². The molecular weight excluding hydrogens is 368 g/mol. The molecule has 9 heteroatoms. The van der Waals surface area contributed by atoms with Crippen LogP contribution in [0.5, 0.6) is 5.88 Å². The number of hydrogen-bond acceptors (Lipinski definition) is 7. The summed E-state index contributed by atoms with van der Waals surface area (Å²) < 4.78 is 38.1. The molecule has 0 bridgehead atoms. The van der Waals surface area contributed by atoms with Gasteiger partial charge in [0.15, 0.2) is 5.76 Å². The molecule has 1 aliphatic carbocycles. The van der Waals surface area contributed by atoms with E-state index in [1.54, 1.807) is 20.2 Å². The predicted molar refractivity (Wildman–Crippen MR) is 97.0 cm³/mol. The fourth-order valence-electron chi connectivity index (χ4n) is 3.53. The minimum Gasteiger partial charge on any atom is -0.477 e. The van der Waals surface area contributed by atoms with E-state index >= 15 is 0 Å². The summed E-state index contributed by atoms with van der Waals surface area (Å²) in [5.74, 6) is 1.82. The SMILES string of the molecule is Cc1noc(C)c1S(=O)(=O)N1CCC(COc2cc(C3CC3)ncn2)CC1. The molecule has 1 saturated heterocycles. The van der Waals surface area contributed by atoms with Gasteiger partial charge in [-0.2, -0.15) is 4.31 Å². The molecular formula is C18H24N4O4S. The monoisotopic (exact) mass is 392 g/mol. The largest absolute Gasteiger partial charge is 0.477 e. The number of piperidine rings is 1.